The average Bonchev–Trinajstić information content (AvgIpc) is 2.92. The van der Waals surface area contributed by atoms with Gasteiger partial charge in [-0.15, -0.1) is 0 Å². The number of carbonyl (C=O) groups is 3. The molecule has 1 aromatic carbocycles. The van der Waals surface area contributed by atoms with Crippen molar-refractivity contribution in [2.75, 3.05) is 24.4 Å². The van der Waals surface area contributed by atoms with Gasteiger partial charge in [-0.1, -0.05) is 18.2 Å². The van der Waals surface area contributed by atoms with Crippen LogP contribution in [0.2, 0.25) is 0 Å². The van der Waals surface area contributed by atoms with Crippen LogP contribution in [0.5, 0.6) is 0 Å². The zero-order valence-corrected chi connectivity index (χ0v) is 19.4. The van der Waals surface area contributed by atoms with E-state index < -0.39 is 27.9 Å². The number of likely N-dealkylation sites (tertiary alicyclic amines) is 1. The van der Waals surface area contributed by atoms with Crippen molar-refractivity contribution in [3.8, 4) is 0 Å². The van der Waals surface area contributed by atoms with Gasteiger partial charge in [-0.2, -0.15) is 0 Å². The second-order valence-corrected chi connectivity index (χ2v) is 9.62. The van der Waals surface area contributed by atoms with E-state index in [1.165, 1.54) is 4.90 Å². The number of amides is 2. The van der Waals surface area contributed by atoms with E-state index in [4.69, 9.17) is 11.5 Å². The van der Waals surface area contributed by atoms with Gasteiger partial charge in [-0.3, -0.25) is 14.6 Å². The third-order valence-electron chi connectivity index (χ3n) is 4.98. The summed E-state index contributed by atoms with van der Waals surface area (Å²) in [6.07, 6.45) is 3.44. The van der Waals surface area contributed by atoms with Gasteiger partial charge in [0.15, 0.2) is 5.96 Å². The minimum Gasteiger partial charge on any atom is -0.370 e. The lowest BCUT2D eigenvalue weighted by atomic mass is 10.1. The molecule has 2 amide bonds. The first-order chi connectivity index (χ1) is 15.7. The summed E-state index contributed by atoms with van der Waals surface area (Å²) in [5.41, 5.74) is 11.1. The van der Waals surface area contributed by atoms with Crippen LogP contribution in [0.4, 0.5) is 5.69 Å². The van der Waals surface area contributed by atoms with Crippen LogP contribution in [-0.2, 0) is 24.3 Å². The van der Waals surface area contributed by atoms with E-state index in [0.29, 0.717) is 50.7 Å². The van der Waals surface area contributed by atoms with Crippen molar-refractivity contribution in [3.05, 3.63) is 30.3 Å². The predicted octanol–water partition coefficient (Wildman–Crippen LogP) is -0.647. The molecular weight excluding hydrogens is 446 g/mol. The fourth-order valence-corrected chi connectivity index (χ4v) is 4.70. The van der Waals surface area contributed by atoms with Crippen molar-refractivity contribution in [1.29, 1.82) is 0 Å². The highest BCUT2D eigenvalue weighted by atomic mass is 32.2. The van der Waals surface area contributed by atoms with Crippen LogP contribution in [-0.4, -0.2) is 70.8 Å². The summed E-state index contributed by atoms with van der Waals surface area (Å²) >= 11 is 0. The van der Waals surface area contributed by atoms with Crippen LogP contribution in [0.25, 0.3) is 0 Å². The lowest BCUT2D eigenvalue weighted by Crippen LogP contribution is -2.51. The summed E-state index contributed by atoms with van der Waals surface area (Å²) < 4.78 is 18.6. The predicted molar refractivity (Wildman–Crippen MR) is 131 cm³/mol. The Balaban J connectivity index is 1.92. The summed E-state index contributed by atoms with van der Waals surface area (Å²) in [5, 5.41) is 2.63. The molecule has 0 spiro atoms. The molecule has 7 N–H and O–H groups in total. The maximum atomic E-state index is 13.0. The quantitative estimate of drug-likeness (QED) is 0.0876. The Labute approximate surface area is 194 Å². The first kappa shape index (κ1) is 26.1. The van der Waals surface area contributed by atoms with E-state index in [-0.39, 0.29) is 18.4 Å². The average molecular weight is 480 g/mol. The van der Waals surface area contributed by atoms with Gasteiger partial charge < -0.3 is 31.2 Å². The molecule has 1 aliphatic rings. The first-order valence-electron chi connectivity index (χ1n) is 10.8. The van der Waals surface area contributed by atoms with Crippen molar-refractivity contribution in [1.82, 2.24) is 14.9 Å². The number of carbonyl (C=O) groups excluding carboxylic acids is 3. The number of hydrogen-bond donors (Lipinski definition) is 5. The zero-order valence-electron chi connectivity index (χ0n) is 18.6. The van der Waals surface area contributed by atoms with Crippen molar-refractivity contribution in [3.63, 3.8) is 0 Å². The molecule has 1 saturated heterocycles. The molecule has 0 bridgehead atoms. The molecule has 1 aromatic rings. The number of nitrogens with zero attached hydrogens (tertiary/aromatic N) is 2. The molecule has 1 aliphatic heterocycles. The van der Waals surface area contributed by atoms with Gasteiger partial charge in [0.2, 0.25) is 11.8 Å². The minimum absolute atomic E-state index is 0.0327. The lowest BCUT2D eigenvalue weighted by molar-refractivity contribution is -0.137. The highest BCUT2D eigenvalue weighted by Crippen LogP contribution is 2.14. The van der Waals surface area contributed by atoms with Gasteiger partial charge in [0.05, 0.1) is 18.6 Å². The summed E-state index contributed by atoms with van der Waals surface area (Å²) in [6, 6.07) is 7.47. The summed E-state index contributed by atoms with van der Waals surface area (Å²) in [4.78, 5) is 42.1. The smallest absolute Gasteiger partial charge is 0.241 e. The molecule has 11 nitrogen and oxygen atoms in total. The number of anilines is 1. The molecule has 2 rings (SSSR count). The normalized spacial score (nSPS) is 19.0. The first-order valence-corrected chi connectivity index (χ1v) is 12.5. The SMILES string of the molecule is C=S(=O)(Nc1ccccc1)N[C@H]1CCCCN(CC(=O)NC(C=O)CCCN=C(N)N)C1=O. The van der Waals surface area contributed by atoms with Crippen LogP contribution in [0.3, 0.4) is 0 Å². The lowest BCUT2D eigenvalue weighted by Gasteiger charge is -2.26. The Hall–Kier alpha value is -3.12. The molecule has 12 heteroatoms. The van der Waals surface area contributed by atoms with Crippen LogP contribution in [0, 0.1) is 0 Å². The van der Waals surface area contributed by atoms with Gasteiger partial charge in [-0.05, 0) is 50.1 Å². The molecule has 182 valence electrons. The number of nitrogens with one attached hydrogen (secondary N) is 3. The second kappa shape index (κ2) is 12.8. The fraction of sp³-hybridized carbons (Fsp3) is 0.476. The number of benzene rings is 1. The van der Waals surface area contributed by atoms with Gasteiger partial charge in [0.25, 0.3) is 0 Å². The van der Waals surface area contributed by atoms with E-state index in [1.807, 2.05) is 6.07 Å². The fourth-order valence-electron chi connectivity index (χ4n) is 3.45. The number of nitrogens with two attached hydrogens (primary N) is 2. The monoisotopic (exact) mass is 479 g/mol. The summed E-state index contributed by atoms with van der Waals surface area (Å²) in [5.74, 6) is 2.89. The third kappa shape index (κ3) is 9.49. The van der Waals surface area contributed by atoms with Crippen molar-refractivity contribution >= 4 is 45.5 Å². The number of aldehydes is 1. The number of guanidine groups is 1. The maximum Gasteiger partial charge on any atom is 0.241 e. The van der Waals surface area contributed by atoms with Crippen molar-refractivity contribution in [2.45, 2.75) is 44.2 Å². The number of aliphatic imine (C=N–C) groups is 1. The Morgan fingerprint density at radius 1 is 1.30 bits per heavy atom. The van der Waals surface area contributed by atoms with Gasteiger partial charge in [0.1, 0.15) is 16.2 Å². The van der Waals surface area contributed by atoms with E-state index in [2.05, 4.69) is 25.6 Å². The van der Waals surface area contributed by atoms with E-state index in [0.717, 1.165) is 6.42 Å². The molecule has 0 aromatic heterocycles. The molecule has 0 aliphatic carbocycles. The van der Waals surface area contributed by atoms with E-state index in [1.54, 1.807) is 24.3 Å². The number of para-hydroxylation sites is 1. The maximum absolute atomic E-state index is 13.0. The molecule has 3 atom stereocenters. The van der Waals surface area contributed by atoms with E-state index in [9.17, 15) is 18.6 Å². The molecule has 0 saturated carbocycles. The second-order valence-electron chi connectivity index (χ2n) is 7.83. The van der Waals surface area contributed by atoms with Gasteiger partial charge in [0, 0.05) is 18.8 Å². The van der Waals surface area contributed by atoms with Crippen molar-refractivity contribution < 1.29 is 18.6 Å². The topological polar surface area (TPSA) is 172 Å². The van der Waals surface area contributed by atoms with E-state index >= 15 is 0 Å². The summed E-state index contributed by atoms with van der Waals surface area (Å²) in [7, 11) is -3.00. The van der Waals surface area contributed by atoms with Crippen LogP contribution in [0.15, 0.2) is 35.3 Å². The largest absolute Gasteiger partial charge is 0.370 e. The Bertz CT molecular complexity index is 933. The third-order valence-corrected chi connectivity index (χ3v) is 6.21. The Morgan fingerprint density at radius 3 is 2.70 bits per heavy atom. The number of rotatable bonds is 12. The van der Waals surface area contributed by atoms with Crippen molar-refractivity contribution in [2.24, 2.45) is 16.5 Å². The standard InChI is InChI=1S/C21H33N7O4S/c1-33(32,26-16-8-3-2-4-9-16)27-18-11-5-6-13-28(20(18)31)14-19(30)25-17(15-29)10-7-12-24-21(22)23/h2-4,8-9,15,17-18H,1,5-7,10-14H2,(H,25,30)(H4,22,23,24)(H2,26,27,32)/t17?,18-,33?/m0/s1. The Kier molecular flexibility index (Phi) is 10.1. The number of hydrogen-bond acceptors (Lipinski definition) is 5. The van der Waals surface area contributed by atoms with Crippen LogP contribution in [0.1, 0.15) is 32.1 Å². The molecule has 1 fully saturated rings. The molecule has 33 heavy (non-hydrogen) atoms. The molecule has 1 heterocycles. The van der Waals surface area contributed by atoms with Gasteiger partial charge >= 0.3 is 0 Å². The van der Waals surface area contributed by atoms with Gasteiger partial charge in [-0.25, -0.2) is 8.93 Å². The van der Waals surface area contributed by atoms with Crippen LogP contribution < -0.4 is 26.2 Å². The molecule has 0 radical (unpaired) electrons. The molecule has 2 unspecified atom stereocenters. The Morgan fingerprint density at radius 2 is 2.03 bits per heavy atom. The van der Waals surface area contributed by atoms with Crippen LogP contribution >= 0.6 is 0 Å². The highest BCUT2D eigenvalue weighted by molar-refractivity contribution is 7.99. The minimum atomic E-state index is -3.00. The zero-order chi connectivity index (χ0) is 24.3. The summed E-state index contributed by atoms with van der Waals surface area (Å²) in [6.45, 7) is 0.548. The molecular formula is C21H33N7O4S. The highest BCUT2D eigenvalue weighted by Gasteiger charge is 2.30.